The summed E-state index contributed by atoms with van der Waals surface area (Å²) in [6, 6.07) is 14.2. The van der Waals surface area contributed by atoms with Crippen LogP contribution in [0.4, 0.5) is 0 Å². The quantitative estimate of drug-likeness (QED) is 0.297. The zero-order valence-corrected chi connectivity index (χ0v) is 22.1. The van der Waals surface area contributed by atoms with Crippen LogP contribution in [0.15, 0.2) is 54.1 Å². The van der Waals surface area contributed by atoms with Crippen LogP contribution in [0, 0.1) is 0 Å². The molecule has 2 aromatic heterocycles. The average molecular weight is 549 g/mol. The molecule has 3 aromatic carbocycles. The van der Waals surface area contributed by atoms with Crippen molar-refractivity contribution < 1.29 is 28.8 Å². The van der Waals surface area contributed by atoms with Crippen LogP contribution < -0.4 is 14.2 Å². The van der Waals surface area contributed by atoms with E-state index in [2.05, 4.69) is 18.3 Å². The van der Waals surface area contributed by atoms with Crippen LogP contribution in [0.3, 0.4) is 0 Å². The minimum Gasteiger partial charge on any atom is -0.493 e. The number of hydrogen-bond acceptors (Lipinski definition) is 12. The van der Waals surface area contributed by atoms with Gasteiger partial charge < -0.3 is 24.1 Å². The van der Waals surface area contributed by atoms with Gasteiger partial charge in [0.15, 0.2) is 11.5 Å². The highest BCUT2D eigenvalue weighted by atomic mass is 32.1. The monoisotopic (exact) mass is 548 g/mol. The number of nitrogens with zero attached hydrogens (tertiary/aromatic N) is 4. The molecular formula is C26H20N4O6S2. The molecule has 12 heteroatoms. The maximum absolute atomic E-state index is 13.5. The van der Waals surface area contributed by atoms with Gasteiger partial charge in [-0.2, -0.15) is 8.75 Å². The number of cyclic esters (lactones) is 1. The van der Waals surface area contributed by atoms with Crippen molar-refractivity contribution >= 4 is 56.1 Å². The highest BCUT2D eigenvalue weighted by molar-refractivity contribution is 7.12. The molecule has 3 heterocycles. The van der Waals surface area contributed by atoms with Crippen LogP contribution in [-0.2, 0) is 21.7 Å². The van der Waals surface area contributed by atoms with Crippen LogP contribution >= 0.6 is 23.3 Å². The summed E-state index contributed by atoms with van der Waals surface area (Å²) in [5, 5.41) is 16.2. The van der Waals surface area contributed by atoms with Crippen molar-refractivity contribution in [2.45, 2.75) is 12.2 Å². The Balaban J connectivity index is 1.57. The second kappa shape index (κ2) is 9.31. The second-order valence-electron chi connectivity index (χ2n) is 8.52. The fraction of sp³-hybridized carbons (Fsp3) is 0.192. The molecule has 0 radical (unpaired) electrons. The summed E-state index contributed by atoms with van der Waals surface area (Å²) < 4.78 is 35.6. The van der Waals surface area contributed by atoms with Gasteiger partial charge in [0.25, 0.3) is 5.79 Å². The van der Waals surface area contributed by atoms with Crippen molar-refractivity contribution in [2.75, 3.05) is 21.3 Å². The van der Waals surface area contributed by atoms with E-state index in [-0.39, 0.29) is 17.6 Å². The Labute approximate surface area is 224 Å². The molecule has 1 aliphatic heterocycles. The number of fused-ring (bicyclic) bond motifs is 2. The molecule has 1 N–H and O–H groups in total. The molecule has 0 saturated carbocycles. The lowest BCUT2D eigenvalue weighted by atomic mass is 9.87. The summed E-state index contributed by atoms with van der Waals surface area (Å²) >= 11 is 2.36. The number of ether oxygens (including phenoxy) is 4. The van der Waals surface area contributed by atoms with Crippen molar-refractivity contribution in [3.8, 4) is 17.2 Å². The number of aliphatic hydroxyl groups is 1. The van der Waals surface area contributed by atoms with Crippen LogP contribution in [0.5, 0.6) is 17.2 Å². The lowest BCUT2D eigenvalue weighted by Crippen LogP contribution is -2.30. The van der Waals surface area contributed by atoms with Gasteiger partial charge in [-0.1, -0.05) is 16.6 Å². The van der Waals surface area contributed by atoms with E-state index in [1.165, 1.54) is 32.9 Å². The van der Waals surface area contributed by atoms with Crippen LogP contribution in [0.2, 0.25) is 0 Å². The summed E-state index contributed by atoms with van der Waals surface area (Å²) in [5.41, 5.74) is 4.40. The Bertz CT molecular complexity index is 1720. The Hall–Kier alpha value is -4.13. The predicted molar refractivity (Wildman–Crippen MR) is 142 cm³/mol. The van der Waals surface area contributed by atoms with Crippen molar-refractivity contribution in [1.82, 2.24) is 18.3 Å². The smallest absolute Gasteiger partial charge is 0.342 e. The minimum atomic E-state index is -2.12. The van der Waals surface area contributed by atoms with Crippen molar-refractivity contribution in [3.63, 3.8) is 0 Å². The molecule has 0 fully saturated rings. The third kappa shape index (κ3) is 3.85. The maximum Gasteiger partial charge on any atom is 0.342 e. The molecule has 1 unspecified atom stereocenters. The summed E-state index contributed by atoms with van der Waals surface area (Å²) in [6.45, 7) is 0. The van der Waals surface area contributed by atoms with E-state index >= 15 is 0 Å². The molecule has 1 atom stereocenters. The SMILES string of the molecule is COc1cc(C2(O)OC(=O)C(c3ccc4nsnc4c3)=C2Cc2ccc3nnsc3c2)cc(OC)c1OC. The highest BCUT2D eigenvalue weighted by Gasteiger charge is 2.49. The van der Waals surface area contributed by atoms with Crippen LogP contribution in [0.25, 0.3) is 26.8 Å². The van der Waals surface area contributed by atoms with E-state index in [0.717, 1.165) is 33.0 Å². The number of methoxy groups -OCH3 is 3. The molecule has 38 heavy (non-hydrogen) atoms. The van der Waals surface area contributed by atoms with Crippen LogP contribution in [0.1, 0.15) is 16.7 Å². The standard InChI is InChI=1S/C26H20N4O6S2/c1-33-20-11-15(12-21(34-2)24(20)35-3)26(32)16(8-13-4-6-18-22(9-13)37-30-27-18)23(25(31)36-26)14-5-7-17-19(10-14)29-38-28-17/h4-7,9-12,32H,8H2,1-3H3. The molecule has 192 valence electrons. The fourth-order valence-electron chi connectivity index (χ4n) is 4.62. The molecule has 1 aliphatic rings. The van der Waals surface area contributed by atoms with Gasteiger partial charge in [-0.15, -0.1) is 5.10 Å². The van der Waals surface area contributed by atoms with E-state index in [9.17, 15) is 9.90 Å². The number of hydrogen-bond donors (Lipinski definition) is 1. The van der Waals surface area contributed by atoms with Gasteiger partial charge >= 0.3 is 5.97 Å². The topological polar surface area (TPSA) is 126 Å². The van der Waals surface area contributed by atoms with Crippen molar-refractivity contribution in [3.05, 3.63) is 70.8 Å². The van der Waals surface area contributed by atoms with Gasteiger partial charge in [-0.3, -0.25) is 0 Å². The Morgan fingerprint density at radius 3 is 2.39 bits per heavy atom. The number of carbonyl (C=O) groups excluding carboxylic acids is 1. The summed E-state index contributed by atoms with van der Waals surface area (Å²) in [7, 11) is 4.44. The van der Waals surface area contributed by atoms with Gasteiger partial charge in [0.1, 0.15) is 16.6 Å². The van der Waals surface area contributed by atoms with Gasteiger partial charge in [-0.25, -0.2) is 4.79 Å². The zero-order chi connectivity index (χ0) is 26.4. The van der Waals surface area contributed by atoms with E-state index in [0.29, 0.717) is 33.9 Å². The first-order chi connectivity index (χ1) is 18.4. The molecule has 6 rings (SSSR count). The molecule has 0 saturated heterocycles. The van der Waals surface area contributed by atoms with Crippen molar-refractivity contribution in [1.29, 1.82) is 0 Å². The van der Waals surface area contributed by atoms with Crippen molar-refractivity contribution in [2.24, 2.45) is 0 Å². The van der Waals surface area contributed by atoms with Crippen LogP contribution in [-0.4, -0.2) is 50.7 Å². The molecule has 5 aromatic rings. The van der Waals surface area contributed by atoms with Gasteiger partial charge in [0.05, 0.1) is 43.3 Å². The highest BCUT2D eigenvalue weighted by Crippen LogP contribution is 2.49. The molecule has 0 bridgehead atoms. The number of aromatic nitrogens is 4. The average Bonchev–Trinajstić information content (AvgIpc) is 3.65. The minimum absolute atomic E-state index is 0.204. The number of carbonyl (C=O) groups is 1. The van der Waals surface area contributed by atoms with Gasteiger partial charge in [-0.05, 0) is 59.1 Å². The Kier molecular flexibility index (Phi) is 5.94. The number of rotatable bonds is 7. The lowest BCUT2D eigenvalue weighted by molar-refractivity contribution is -0.185. The normalized spacial score (nSPS) is 17.3. The zero-order valence-electron chi connectivity index (χ0n) is 20.4. The first kappa shape index (κ1) is 24.2. The third-order valence-electron chi connectivity index (χ3n) is 6.45. The van der Waals surface area contributed by atoms with E-state index in [4.69, 9.17) is 18.9 Å². The third-order valence-corrected chi connectivity index (χ3v) is 7.69. The van der Waals surface area contributed by atoms with E-state index in [1.54, 1.807) is 30.3 Å². The summed E-state index contributed by atoms with van der Waals surface area (Å²) in [4.78, 5) is 13.5. The van der Waals surface area contributed by atoms with Gasteiger partial charge in [0.2, 0.25) is 5.75 Å². The molecule has 0 spiro atoms. The lowest BCUT2D eigenvalue weighted by Gasteiger charge is -2.27. The fourth-order valence-corrected chi connectivity index (χ4v) is 5.76. The van der Waals surface area contributed by atoms with E-state index in [1.807, 2.05) is 18.2 Å². The predicted octanol–water partition coefficient (Wildman–Crippen LogP) is 4.12. The first-order valence-corrected chi connectivity index (χ1v) is 12.9. The molecule has 0 amide bonds. The Morgan fingerprint density at radius 2 is 1.66 bits per heavy atom. The van der Waals surface area contributed by atoms with Gasteiger partial charge in [0, 0.05) is 17.6 Å². The summed E-state index contributed by atoms with van der Waals surface area (Å²) in [6.07, 6.45) is 0.204. The Morgan fingerprint density at radius 1 is 0.921 bits per heavy atom. The largest absolute Gasteiger partial charge is 0.493 e. The summed E-state index contributed by atoms with van der Waals surface area (Å²) in [5.74, 6) is -1.81. The number of esters is 1. The molecule has 0 aliphatic carbocycles. The molecular weight excluding hydrogens is 528 g/mol. The number of benzene rings is 3. The van der Waals surface area contributed by atoms with E-state index < -0.39 is 11.8 Å². The maximum atomic E-state index is 13.5. The second-order valence-corrected chi connectivity index (χ2v) is 9.83. The first-order valence-electron chi connectivity index (χ1n) is 11.4. The molecule has 10 nitrogen and oxygen atoms in total.